The predicted octanol–water partition coefficient (Wildman–Crippen LogP) is 0.714. The number of aliphatic hydroxyl groups excluding tert-OH is 1. The lowest BCUT2D eigenvalue weighted by Gasteiger charge is -1.92. The second kappa shape index (κ2) is 1.76. The molecule has 1 rings (SSSR count). The molecule has 40 valence electrons. The molecule has 0 saturated carbocycles. The minimum Gasteiger partial charge on any atom is -0.510 e. The fourth-order valence-corrected chi connectivity index (χ4v) is 0.678. The van der Waals surface area contributed by atoms with E-state index in [2.05, 4.69) is 12.6 Å². The lowest BCUT2D eigenvalue weighted by molar-refractivity contribution is 0.165. The smallest absolute Gasteiger partial charge is 0.122 e. The van der Waals surface area contributed by atoms with E-state index >= 15 is 0 Å². The molecule has 0 aliphatic carbocycles. The van der Waals surface area contributed by atoms with Crippen LogP contribution in [-0.4, -0.2) is 17.1 Å². The molecule has 2 nitrogen and oxygen atoms in total. The first kappa shape index (κ1) is 5.00. The zero-order valence-electron chi connectivity index (χ0n) is 3.66. The highest BCUT2D eigenvalue weighted by Crippen LogP contribution is 2.10. The van der Waals surface area contributed by atoms with Gasteiger partial charge in [-0.2, -0.15) is 0 Å². The summed E-state index contributed by atoms with van der Waals surface area (Å²) in [6, 6.07) is 0. The molecular weight excluding hydrogens is 112 g/mol. The molecule has 0 spiro atoms. The third-order valence-corrected chi connectivity index (χ3v) is 1.04. The van der Waals surface area contributed by atoms with Crippen molar-refractivity contribution in [3.8, 4) is 0 Å². The molecular formula is C4H6O2S. The molecule has 3 heteroatoms. The highest BCUT2D eigenvalue weighted by Gasteiger charge is 2.09. The Labute approximate surface area is 47.2 Å². The number of rotatable bonds is 0. The first-order valence-electron chi connectivity index (χ1n) is 1.98. The predicted molar refractivity (Wildman–Crippen MR) is 29.4 cm³/mol. The number of hydrogen-bond acceptors (Lipinski definition) is 3. The van der Waals surface area contributed by atoms with Gasteiger partial charge in [-0.3, -0.25) is 0 Å². The summed E-state index contributed by atoms with van der Waals surface area (Å²) in [7, 11) is 0. The maximum absolute atomic E-state index is 8.59. The summed E-state index contributed by atoms with van der Waals surface area (Å²) in [5, 5.41) is 8.59. The van der Waals surface area contributed by atoms with Gasteiger partial charge in [-0.25, -0.2) is 0 Å². The Hall–Kier alpha value is -0.150. The van der Waals surface area contributed by atoms with Gasteiger partial charge in [0.2, 0.25) is 0 Å². The third kappa shape index (κ3) is 1.11. The van der Waals surface area contributed by atoms with Crippen molar-refractivity contribution in [2.75, 3.05) is 6.61 Å². The van der Waals surface area contributed by atoms with Crippen molar-refractivity contribution >= 4 is 12.6 Å². The second-order valence-corrected chi connectivity index (χ2v) is 1.87. The Morgan fingerprint density at radius 1 is 2.00 bits per heavy atom. The average molecular weight is 118 g/mol. The third-order valence-electron chi connectivity index (χ3n) is 0.737. The number of ether oxygens (including phenoxy) is 1. The number of hydrogen-bond donors (Lipinski definition) is 2. The molecule has 7 heavy (non-hydrogen) atoms. The van der Waals surface area contributed by atoms with Crippen LogP contribution in [0, 0.1) is 0 Å². The summed E-state index contributed by atoms with van der Waals surface area (Å²) in [5.74, 6) is 0.278. The lowest BCUT2D eigenvalue weighted by atomic mass is 10.5. The van der Waals surface area contributed by atoms with Crippen molar-refractivity contribution < 1.29 is 9.84 Å². The van der Waals surface area contributed by atoms with E-state index in [1.54, 1.807) is 6.08 Å². The van der Waals surface area contributed by atoms with Crippen molar-refractivity contribution in [2.45, 2.75) is 5.44 Å². The van der Waals surface area contributed by atoms with Gasteiger partial charge in [0.15, 0.2) is 0 Å². The van der Waals surface area contributed by atoms with Crippen LogP contribution in [0.25, 0.3) is 0 Å². The highest BCUT2D eigenvalue weighted by molar-refractivity contribution is 7.81. The van der Waals surface area contributed by atoms with Crippen LogP contribution in [0.3, 0.4) is 0 Å². The molecule has 0 radical (unpaired) electrons. The first-order valence-corrected chi connectivity index (χ1v) is 2.50. The van der Waals surface area contributed by atoms with Gasteiger partial charge in [-0.1, -0.05) is 0 Å². The minimum absolute atomic E-state index is 0.194. The van der Waals surface area contributed by atoms with Crippen molar-refractivity contribution in [1.82, 2.24) is 0 Å². The van der Waals surface area contributed by atoms with E-state index in [1.807, 2.05) is 0 Å². The molecule has 1 N–H and O–H groups in total. The maximum Gasteiger partial charge on any atom is 0.122 e. The second-order valence-electron chi connectivity index (χ2n) is 1.36. The fourth-order valence-electron chi connectivity index (χ4n) is 0.432. The summed E-state index contributed by atoms with van der Waals surface area (Å²) in [5.41, 5.74) is -0.194. The van der Waals surface area contributed by atoms with Crippen molar-refractivity contribution in [3.05, 3.63) is 11.8 Å². The van der Waals surface area contributed by atoms with E-state index in [4.69, 9.17) is 9.84 Å². The SMILES string of the molecule is OC1=CC(S)OC1. The summed E-state index contributed by atoms with van der Waals surface area (Å²) in [6.45, 7) is 0.314. The molecule has 0 fully saturated rings. The van der Waals surface area contributed by atoms with Gasteiger partial charge < -0.3 is 9.84 Å². The molecule has 1 atom stereocenters. The topological polar surface area (TPSA) is 29.5 Å². The summed E-state index contributed by atoms with van der Waals surface area (Å²) < 4.78 is 4.79. The highest BCUT2D eigenvalue weighted by atomic mass is 32.1. The van der Waals surface area contributed by atoms with E-state index in [-0.39, 0.29) is 11.2 Å². The molecule has 1 aliphatic heterocycles. The molecule has 0 bridgehead atoms. The lowest BCUT2D eigenvalue weighted by Crippen LogP contribution is -1.91. The Bertz CT molecular complexity index is 99.9. The molecule has 1 heterocycles. The van der Waals surface area contributed by atoms with Crippen LogP contribution in [0.15, 0.2) is 11.8 Å². The molecule has 0 saturated heterocycles. The van der Waals surface area contributed by atoms with Gasteiger partial charge in [0, 0.05) is 0 Å². The summed E-state index contributed by atoms with van der Waals surface area (Å²) >= 11 is 3.89. The van der Waals surface area contributed by atoms with E-state index in [0.29, 0.717) is 6.61 Å². The van der Waals surface area contributed by atoms with Crippen LogP contribution >= 0.6 is 12.6 Å². The van der Waals surface area contributed by atoms with Crippen LogP contribution in [0.4, 0.5) is 0 Å². The van der Waals surface area contributed by atoms with Gasteiger partial charge in [-0.15, -0.1) is 12.6 Å². The standard InChI is InChI=1S/C4H6O2S/c5-3-1-4(7)6-2-3/h1,4-5,7H,2H2. The van der Waals surface area contributed by atoms with Crippen LogP contribution in [0.2, 0.25) is 0 Å². The fraction of sp³-hybridized carbons (Fsp3) is 0.500. The Kier molecular flexibility index (Phi) is 1.25. The molecule has 0 aromatic heterocycles. The Balaban J connectivity index is 2.50. The number of thiol groups is 1. The normalized spacial score (nSPS) is 30.4. The van der Waals surface area contributed by atoms with E-state index in [1.165, 1.54) is 0 Å². The van der Waals surface area contributed by atoms with E-state index < -0.39 is 0 Å². The number of aliphatic hydroxyl groups is 1. The van der Waals surface area contributed by atoms with Crippen molar-refractivity contribution in [3.63, 3.8) is 0 Å². The summed E-state index contributed by atoms with van der Waals surface area (Å²) in [6.07, 6.45) is 1.56. The maximum atomic E-state index is 8.59. The first-order chi connectivity index (χ1) is 3.29. The summed E-state index contributed by atoms with van der Waals surface area (Å²) in [4.78, 5) is 0. The van der Waals surface area contributed by atoms with Crippen LogP contribution in [0.1, 0.15) is 0 Å². The van der Waals surface area contributed by atoms with Crippen LogP contribution in [-0.2, 0) is 4.74 Å². The molecule has 0 amide bonds. The van der Waals surface area contributed by atoms with Crippen molar-refractivity contribution in [2.24, 2.45) is 0 Å². The quantitative estimate of drug-likeness (QED) is 0.459. The van der Waals surface area contributed by atoms with Crippen LogP contribution in [0.5, 0.6) is 0 Å². The van der Waals surface area contributed by atoms with Crippen LogP contribution < -0.4 is 0 Å². The zero-order chi connectivity index (χ0) is 5.28. The molecule has 1 aliphatic rings. The van der Waals surface area contributed by atoms with E-state index in [9.17, 15) is 0 Å². The average Bonchev–Trinajstić information content (AvgIpc) is 1.87. The van der Waals surface area contributed by atoms with Gasteiger partial charge in [0.05, 0.1) is 0 Å². The minimum atomic E-state index is -0.194. The van der Waals surface area contributed by atoms with Gasteiger partial charge in [0.1, 0.15) is 17.8 Å². The molecule has 0 aromatic rings. The van der Waals surface area contributed by atoms with Gasteiger partial charge >= 0.3 is 0 Å². The van der Waals surface area contributed by atoms with E-state index in [0.717, 1.165) is 0 Å². The van der Waals surface area contributed by atoms with Gasteiger partial charge in [0.25, 0.3) is 0 Å². The Morgan fingerprint density at radius 2 is 2.71 bits per heavy atom. The van der Waals surface area contributed by atoms with Gasteiger partial charge in [-0.05, 0) is 6.08 Å². The zero-order valence-corrected chi connectivity index (χ0v) is 4.56. The van der Waals surface area contributed by atoms with Crippen molar-refractivity contribution in [1.29, 1.82) is 0 Å². The molecule has 1 unspecified atom stereocenters. The largest absolute Gasteiger partial charge is 0.510 e. The molecule has 0 aromatic carbocycles. The Morgan fingerprint density at radius 3 is 2.86 bits per heavy atom. The monoisotopic (exact) mass is 118 g/mol.